The molecule has 0 saturated carbocycles. The van der Waals surface area contributed by atoms with Gasteiger partial charge in [-0.25, -0.2) is 0 Å². The molecule has 1 N–H and O–H groups in total. The van der Waals surface area contributed by atoms with Gasteiger partial charge in [-0.05, 0) is 24.3 Å². The molecule has 0 aliphatic carbocycles. The van der Waals surface area contributed by atoms with E-state index < -0.39 is 0 Å². The van der Waals surface area contributed by atoms with Gasteiger partial charge in [0.05, 0.1) is 17.8 Å². The highest BCUT2D eigenvalue weighted by atomic mass is 35.5. The molecule has 1 aromatic carbocycles. The van der Waals surface area contributed by atoms with Gasteiger partial charge in [0.25, 0.3) is 0 Å². The number of para-hydroxylation sites is 1. The molecule has 0 atom stereocenters. The topological polar surface area (TPSA) is 34.4 Å². The first-order chi connectivity index (χ1) is 8.36. The molecule has 4 heteroatoms. The predicted octanol–water partition coefficient (Wildman–Crippen LogP) is 3.10. The lowest BCUT2D eigenvalue weighted by atomic mass is 10.3. The van der Waals surface area contributed by atoms with Gasteiger partial charge >= 0.3 is 0 Å². The number of rotatable bonds is 6. The number of halogens is 1. The molecule has 1 aromatic heterocycles. The van der Waals surface area contributed by atoms with Crippen molar-refractivity contribution in [1.82, 2.24) is 5.32 Å². The smallest absolute Gasteiger partial charge is 0.137 e. The second-order valence-corrected chi connectivity index (χ2v) is 3.94. The molecular formula is C13H14ClNO2. The molecular weight excluding hydrogens is 238 g/mol. The zero-order valence-corrected chi connectivity index (χ0v) is 10.1. The Morgan fingerprint density at radius 2 is 2.06 bits per heavy atom. The van der Waals surface area contributed by atoms with E-state index in [1.165, 1.54) is 0 Å². The van der Waals surface area contributed by atoms with E-state index in [9.17, 15) is 0 Å². The van der Waals surface area contributed by atoms with Crippen molar-refractivity contribution >= 4 is 11.6 Å². The first-order valence-corrected chi connectivity index (χ1v) is 5.84. The first-order valence-electron chi connectivity index (χ1n) is 5.46. The van der Waals surface area contributed by atoms with Crippen molar-refractivity contribution in [3.63, 3.8) is 0 Å². The van der Waals surface area contributed by atoms with Gasteiger partial charge in [-0.2, -0.15) is 0 Å². The Morgan fingerprint density at radius 3 is 2.82 bits per heavy atom. The van der Waals surface area contributed by atoms with Gasteiger partial charge in [0.2, 0.25) is 0 Å². The molecule has 0 amide bonds. The Morgan fingerprint density at radius 1 is 1.18 bits per heavy atom. The van der Waals surface area contributed by atoms with E-state index in [2.05, 4.69) is 5.32 Å². The fourth-order valence-electron chi connectivity index (χ4n) is 1.42. The highest BCUT2D eigenvalue weighted by molar-refractivity contribution is 6.32. The van der Waals surface area contributed by atoms with Crippen LogP contribution in [0.25, 0.3) is 0 Å². The van der Waals surface area contributed by atoms with E-state index in [1.807, 2.05) is 36.4 Å². The Bertz CT molecular complexity index is 442. The van der Waals surface area contributed by atoms with Crippen LogP contribution in [0.4, 0.5) is 0 Å². The lowest BCUT2D eigenvalue weighted by Crippen LogP contribution is -2.20. The van der Waals surface area contributed by atoms with Crippen LogP contribution in [-0.2, 0) is 6.54 Å². The maximum absolute atomic E-state index is 5.96. The van der Waals surface area contributed by atoms with Crippen molar-refractivity contribution in [2.24, 2.45) is 0 Å². The third-order valence-electron chi connectivity index (χ3n) is 2.25. The first kappa shape index (κ1) is 12.0. The summed E-state index contributed by atoms with van der Waals surface area (Å²) in [6.45, 7) is 2.02. The fourth-order valence-corrected chi connectivity index (χ4v) is 1.61. The molecule has 2 aromatic rings. The summed E-state index contributed by atoms with van der Waals surface area (Å²) < 4.78 is 10.7. The highest BCUT2D eigenvalue weighted by Gasteiger charge is 1.99. The molecule has 0 aliphatic rings. The van der Waals surface area contributed by atoms with Gasteiger partial charge in [0.15, 0.2) is 0 Å². The minimum absolute atomic E-state index is 0.574. The predicted molar refractivity (Wildman–Crippen MR) is 67.4 cm³/mol. The van der Waals surface area contributed by atoms with Crippen LogP contribution < -0.4 is 10.1 Å². The zero-order valence-electron chi connectivity index (χ0n) is 9.36. The number of nitrogens with one attached hydrogen (secondary N) is 1. The summed E-state index contributed by atoms with van der Waals surface area (Å²) in [5, 5.41) is 3.85. The molecule has 1 heterocycles. The summed E-state index contributed by atoms with van der Waals surface area (Å²) in [6, 6.07) is 11.3. The van der Waals surface area contributed by atoms with Gasteiger partial charge in [0, 0.05) is 6.54 Å². The maximum atomic E-state index is 5.96. The van der Waals surface area contributed by atoms with Crippen LogP contribution in [0.2, 0.25) is 5.02 Å². The molecule has 0 radical (unpaired) electrons. The summed E-state index contributed by atoms with van der Waals surface area (Å²) in [4.78, 5) is 0. The standard InChI is InChI=1S/C13H14ClNO2/c14-12-5-1-2-6-13(12)17-9-7-15-10-11-4-3-8-16-11/h1-6,8,15H,7,9-10H2. The zero-order chi connectivity index (χ0) is 11.9. The average molecular weight is 252 g/mol. The van der Waals surface area contributed by atoms with Crippen molar-refractivity contribution < 1.29 is 9.15 Å². The third kappa shape index (κ3) is 3.80. The van der Waals surface area contributed by atoms with Gasteiger partial charge in [-0.3, -0.25) is 0 Å². The minimum Gasteiger partial charge on any atom is -0.491 e. The molecule has 0 spiro atoms. The summed E-state index contributed by atoms with van der Waals surface area (Å²) in [6.07, 6.45) is 1.66. The van der Waals surface area contributed by atoms with Crippen molar-refractivity contribution in [2.45, 2.75) is 6.54 Å². The van der Waals surface area contributed by atoms with Gasteiger partial charge in [-0.1, -0.05) is 23.7 Å². The van der Waals surface area contributed by atoms with Crippen LogP contribution in [0.5, 0.6) is 5.75 Å². The quantitative estimate of drug-likeness (QED) is 0.801. The minimum atomic E-state index is 0.574. The number of benzene rings is 1. The molecule has 0 aliphatic heterocycles. The number of ether oxygens (including phenoxy) is 1. The Hall–Kier alpha value is -1.45. The Balaban J connectivity index is 1.65. The Labute approximate surface area is 105 Å². The molecule has 2 rings (SSSR count). The SMILES string of the molecule is Clc1ccccc1OCCNCc1ccco1. The van der Waals surface area contributed by atoms with E-state index in [0.29, 0.717) is 23.9 Å². The lowest BCUT2D eigenvalue weighted by Gasteiger charge is -2.07. The normalized spacial score (nSPS) is 10.4. The second-order valence-electron chi connectivity index (χ2n) is 3.54. The molecule has 90 valence electrons. The largest absolute Gasteiger partial charge is 0.491 e. The average Bonchev–Trinajstić information content (AvgIpc) is 2.84. The monoisotopic (exact) mass is 251 g/mol. The second kappa shape index (κ2) is 6.33. The van der Waals surface area contributed by atoms with Crippen LogP contribution in [0.1, 0.15) is 5.76 Å². The van der Waals surface area contributed by atoms with Gasteiger partial charge in [-0.15, -0.1) is 0 Å². The van der Waals surface area contributed by atoms with Gasteiger partial charge in [0.1, 0.15) is 18.1 Å². The third-order valence-corrected chi connectivity index (χ3v) is 2.56. The summed E-state index contributed by atoms with van der Waals surface area (Å²) >= 11 is 5.96. The maximum Gasteiger partial charge on any atom is 0.137 e. The highest BCUT2D eigenvalue weighted by Crippen LogP contribution is 2.22. The molecule has 0 saturated heterocycles. The van der Waals surface area contributed by atoms with Crippen molar-refractivity contribution in [2.75, 3.05) is 13.2 Å². The van der Waals surface area contributed by atoms with Crippen LogP contribution in [0, 0.1) is 0 Å². The van der Waals surface area contributed by atoms with Crippen molar-refractivity contribution in [1.29, 1.82) is 0 Å². The van der Waals surface area contributed by atoms with Gasteiger partial charge < -0.3 is 14.5 Å². The van der Waals surface area contributed by atoms with Crippen LogP contribution in [0.15, 0.2) is 47.1 Å². The molecule has 0 fully saturated rings. The fraction of sp³-hybridized carbons (Fsp3) is 0.231. The van der Waals surface area contributed by atoms with Crippen LogP contribution in [0.3, 0.4) is 0 Å². The van der Waals surface area contributed by atoms with Crippen LogP contribution >= 0.6 is 11.6 Å². The summed E-state index contributed by atoms with van der Waals surface area (Å²) in [5.41, 5.74) is 0. The van der Waals surface area contributed by atoms with Crippen LogP contribution in [-0.4, -0.2) is 13.2 Å². The number of hydrogen-bond donors (Lipinski definition) is 1. The van der Waals surface area contributed by atoms with E-state index in [0.717, 1.165) is 12.3 Å². The number of furan rings is 1. The van der Waals surface area contributed by atoms with Crippen molar-refractivity contribution in [3.8, 4) is 5.75 Å². The Kier molecular flexibility index (Phi) is 4.47. The molecule has 0 bridgehead atoms. The van der Waals surface area contributed by atoms with E-state index in [1.54, 1.807) is 6.26 Å². The molecule has 0 unspecified atom stereocenters. The molecule has 17 heavy (non-hydrogen) atoms. The van der Waals surface area contributed by atoms with E-state index in [4.69, 9.17) is 20.8 Å². The summed E-state index contributed by atoms with van der Waals surface area (Å²) in [7, 11) is 0. The molecule has 3 nitrogen and oxygen atoms in total. The number of hydrogen-bond acceptors (Lipinski definition) is 3. The van der Waals surface area contributed by atoms with E-state index >= 15 is 0 Å². The van der Waals surface area contributed by atoms with E-state index in [-0.39, 0.29) is 0 Å². The summed E-state index contributed by atoms with van der Waals surface area (Å²) in [5.74, 6) is 1.64. The lowest BCUT2D eigenvalue weighted by molar-refractivity contribution is 0.311. The van der Waals surface area contributed by atoms with Crippen molar-refractivity contribution in [3.05, 3.63) is 53.4 Å².